The molecule has 0 saturated heterocycles. The minimum absolute atomic E-state index is 0.0243. The molecule has 1 aliphatic rings. The Labute approximate surface area is 135 Å². The molecule has 0 bridgehead atoms. The Bertz CT molecular complexity index is 693. The highest BCUT2D eigenvalue weighted by Crippen LogP contribution is 2.22. The van der Waals surface area contributed by atoms with Crippen LogP contribution in [0.4, 0.5) is 10.1 Å². The summed E-state index contributed by atoms with van der Waals surface area (Å²) in [6.07, 6.45) is -0.855. The van der Waals surface area contributed by atoms with E-state index >= 15 is 0 Å². The van der Waals surface area contributed by atoms with Crippen LogP contribution in [-0.4, -0.2) is 29.6 Å². The average Bonchev–Trinajstić information content (AvgIpc) is 2.50. The third kappa shape index (κ3) is 4.49. The fourth-order valence-electron chi connectivity index (χ4n) is 1.73. The summed E-state index contributed by atoms with van der Waals surface area (Å²) in [5, 5.41) is 6.03. The van der Waals surface area contributed by atoms with Crippen molar-refractivity contribution in [3.05, 3.63) is 29.0 Å². The molecule has 0 saturated carbocycles. The van der Waals surface area contributed by atoms with E-state index in [4.69, 9.17) is 16.3 Å². The molecule has 1 aromatic carbocycles. The van der Waals surface area contributed by atoms with Gasteiger partial charge in [-0.15, -0.1) is 0 Å². The van der Waals surface area contributed by atoms with Crippen LogP contribution in [0.2, 0.25) is 5.02 Å². The van der Waals surface area contributed by atoms with Gasteiger partial charge < -0.3 is 10.1 Å². The number of ether oxygens (including phenoxy) is 1. The van der Waals surface area contributed by atoms with E-state index in [-0.39, 0.29) is 35.2 Å². The summed E-state index contributed by atoms with van der Waals surface area (Å²) in [7, 11) is 0. The SMILES string of the molecule is C[C@@H](OC(=O)C1=NNC(=O)CC1)C(=O)Nc1ccc(F)cc1Cl. The lowest BCUT2D eigenvalue weighted by Crippen LogP contribution is -2.35. The fourth-order valence-corrected chi connectivity index (χ4v) is 1.94. The highest BCUT2D eigenvalue weighted by Gasteiger charge is 2.24. The molecule has 2 rings (SSSR count). The molecular formula is C14H13ClFN3O4. The number of hydrogen-bond acceptors (Lipinski definition) is 5. The van der Waals surface area contributed by atoms with Gasteiger partial charge in [0, 0.05) is 12.8 Å². The zero-order valence-corrected chi connectivity index (χ0v) is 12.8. The third-order valence-electron chi connectivity index (χ3n) is 2.98. The third-order valence-corrected chi connectivity index (χ3v) is 3.29. The van der Waals surface area contributed by atoms with E-state index in [1.807, 2.05) is 0 Å². The number of halogens is 2. The number of anilines is 1. The molecule has 1 aliphatic heterocycles. The van der Waals surface area contributed by atoms with Crippen LogP contribution in [0.15, 0.2) is 23.3 Å². The van der Waals surface area contributed by atoms with Crippen molar-refractivity contribution in [2.75, 3.05) is 5.32 Å². The number of nitrogens with one attached hydrogen (secondary N) is 2. The normalized spacial score (nSPS) is 15.3. The summed E-state index contributed by atoms with van der Waals surface area (Å²) in [5.41, 5.74) is 2.39. The molecule has 122 valence electrons. The first-order chi connectivity index (χ1) is 10.9. The van der Waals surface area contributed by atoms with E-state index in [0.717, 1.165) is 12.1 Å². The monoisotopic (exact) mass is 341 g/mol. The van der Waals surface area contributed by atoms with Gasteiger partial charge >= 0.3 is 5.97 Å². The molecule has 2 amide bonds. The minimum atomic E-state index is -1.12. The Morgan fingerprint density at radius 3 is 2.78 bits per heavy atom. The second-order valence-corrected chi connectivity index (χ2v) is 5.16. The lowest BCUT2D eigenvalue weighted by Gasteiger charge is -2.16. The van der Waals surface area contributed by atoms with E-state index in [2.05, 4.69) is 15.8 Å². The van der Waals surface area contributed by atoms with Crippen LogP contribution in [0.1, 0.15) is 19.8 Å². The van der Waals surface area contributed by atoms with Crippen LogP contribution in [0, 0.1) is 5.82 Å². The maximum Gasteiger partial charge on any atom is 0.355 e. The van der Waals surface area contributed by atoms with Gasteiger partial charge in [-0.1, -0.05) is 11.6 Å². The van der Waals surface area contributed by atoms with Gasteiger partial charge in [-0.2, -0.15) is 5.10 Å². The van der Waals surface area contributed by atoms with Gasteiger partial charge in [0.25, 0.3) is 5.91 Å². The van der Waals surface area contributed by atoms with E-state index in [1.165, 1.54) is 13.0 Å². The largest absolute Gasteiger partial charge is 0.448 e. The molecule has 1 aromatic rings. The van der Waals surface area contributed by atoms with Crippen molar-refractivity contribution in [1.29, 1.82) is 0 Å². The van der Waals surface area contributed by atoms with Crippen molar-refractivity contribution in [3.8, 4) is 0 Å². The van der Waals surface area contributed by atoms with Gasteiger partial charge in [0.05, 0.1) is 10.7 Å². The van der Waals surface area contributed by atoms with Crippen LogP contribution in [-0.2, 0) is 19.1 Å². The minimum Gasteiger partial charge on any atom is -0.448 e. The quantitative estimate of drug-likeness (QED) is 0.813. The molecule has 0 aliphatic carbocycles. The Morgan fingerprint density at radius 1 is 1.43 bits per heavy atom. The van der Waals surface area contributed by atoms with Gasteiger partial charge in [0.1, 0.15) is 11.5 Å². The van der Waals surface area contributed by atoms with Crippen molar-refractivity contribution in [1.82, 2.24) is 5.43 Å². The number of amides is 2. The molecule has 1 heterocycles. The van der Waals surface area contributed by atoms with Crippen molar-refractivity contribution in [2.45, 2.75) is 25.9 Å². The number of benzene rings is 1. The van der Waals surface area contributed by atoms with Crippen molar-refractivity contribution < 1.29 is 23.5 Å². The second-order valence-electron chi connectivity index (χ2n) is 4.75. The van der Waals surface area contributed by atoms with Gasteiger partial charge in [-0.05, 0) is 25.1 Å². The van der Waals surface area contributed by atoms with Crippen LogP contribution in [0.3, 0.4) is 0 Å². The van der Waals surface area contributed by atoms with Gasteiger partial charge in [0.2, 0.25) is 5.91 Å². The predicted molar refractivity (Wildman–Crippen MR) is 80.4 cm³/mol. The zero-order valence-electron chi connectivity index (χ0n) is 12.1. The lowest BCUT2D eigenvalue weighted by molar-refractivity contribution is -0.146. The van der Waals surface area contributed by atoms with Crippen LogP contribution < -0.4 is 10.7 Å². The topological polar surface area (TPSA) is 96.9 Å². The van der Waals surface area contributed by atoms with Crippen LogP contribution >= 0.6 is 11.6 Å². The molecule has 1 atom stereocenters. The molecule has 2 N–H and O–H groups in total. The van der Waals surface area contributed by atoms with Crippen molar-refractivity contribution in [3.63, 3.8) is 0 Å². The summed E-state index contributed by atoms with van der Waals surface area (Å²) in [5.74, 6) is -2.26. The Morgan fingerprint density at radius 2 is 2.17 bits per heavy atom. The van der Waals surface area contributed by atoms with Gasteiger partial charge in [0.15, 0.2) is 6.10 Å². The molecule has 0 radical (unpaired) electrons. The van der Waals surface area contributed by atoms with Gasteiger partial charge in [-0.25, -0.2) is 14.6 Å². The first kappa shape index (κ1) is 16.9. The smallest absolute Gasteiger partial charge is 0.355 e. The van der Waals surface area contributed by atoms with Crippen molar-refractivity contribution >= 4 is 40.8 Å². The summed E-state index contributed by atoms with van der Waals surface area (Å²) < 4.78 is 17.9. The Balaban J connectivity index is 1.94. The van der Waals surface area contributed by atoms with Crippen LogP contribution in [0.25, 0.3) is 0 Å². The summed E-state index contributed by atoms with van der Waals surface area (Å²) in [6, 6.07) is 3.48. The second kappa shape index (κ2) is 7.19. The van der Waals surface area contributed by atoms with E-state index in [0.29, 0.717) is 0 Å². The Kier molecular flexibility index (Phi) is 5.28. The number of hydrogen-bond donors (Lipinski definition) is 2. The maximum atomic E-state index is 12.9. The standard InChI is InChI=1S/C14H13ClFN3O4/c1-7(23-14(22)11-4-5-12(20)19-18-11)13(21)17-10-3-2-8(16)6-9(10)15/h2-3,6-7H,4-5H2,1H3,(H,17,21)(H,19,20)/t7-/m1/s1. The molecule has 0 spiro atoms. The molecular weight excluding hydrogens is 329 g/mol. The fraction of sp³-hybridized carbons (Fsp3) is 0.286. The number of carbonyl (C=O) groups is 3. The van der Waals surface area contributed by atoms with E-state index in [9.17, 15) is 18.8 Å². The van der Waals surface area contributed by atoms with E-state index in [1.54, 1.807) is 0 Å². The Hall–Kier alpha value is -2.48. The number of carbonyl (C=O) groups excluding carboxylic acids is 3. The number of hydrazone groups is 1. The first-order valence-corrected chi connectivity index (χ1v) is 7.07. The summed E-state index contributed by atoms with van der Waals surface area (Å²) in [4.78, 5) is 34.7. The first-order valence-electron chi connectivity index (χ1n) is 6.69. The highest BCUT2D eigenvalue weighted by molar-refractivity contribution is 6.37. The summed E-state index contributed by atoms with van der Waals surface area (Å²) >= 11 is 5.80. The van der Waals surface area contributed by atoms with E-state index < -0.39 is 23.8 Å². The van der Waals surface area contributed by atoms with Crippen LogP contribution in [0.5, 0.6) is 0 Å². The molecule has 0 unspecified atom stereocenters. The zero-order chi connectivity index (χ0) is 17.0. The number of esters is 1. The molecule has 23 heavy (non-hydrogen) atoms. The van der Waals surface area contributed by atoms with Gasteiger partial charge in [-0.3, -0.25) is 9.59 Å². The highest BCUT2D eigenvalue weighted by atomic mass is 35.5. The molecule has 0 aromatic heterocycles. The number of rotatable bonds is 4. The molecule has 0 fully saturated rings. The predicted octanol–water partition coefficient (Wildman–Crippen LogP) is 1.62. The van der Waals surface area contributed by atoms with Crippen molar-refractivity contribution in [2.24, 2.45) is 5.10 Å². The summed E-state index contributed by atoms with van der Waals surface area (Å²) in [6.45, 7) is 1.37. The molecule has 7 nitrogen and oxygen atoms in total. The molecule has 9 heteroatoms. The average molecular weight is 342 g/mol. The lowest BCUT2D eigenvalue weighted by atomic mass is 10.2. The number of nitrogens with zero attached hydrogens (tertiary/aromatic N) is 1. The maximum absolute atomic E-state index is 12.9.